The molecule has 7 heteroatoms. The Morgan fingerprint density at radius 2 is 1.71 bits per heavy atom. The minimum absolute atomic E-state index is 0.0604. The van der Waals surface area contributed by atoms with Gasteiger partial charge < -0.3 is 16.0 Å². The van der Waals surface area contributed by atoms with E-state index in [1.165, 1.54) is 0 Å². The highest BCUT2D eigenvalue weighted by molar-refractivity contribution is 5.91. The topological polar surface area (TPSA) is 104 Å². The van der Waals surface area contributed by atoms with E-state index < -0.39 is 12.1 Å². The molecule has 0 spiro atoms. The Kier molecular flexibility index (Phi) is 6.45. The van der Waals surface area contributed by atoms with Crippen molar-refractivity contribution in [2.75, 3.05) is 6.54 Å². The van der Waals surface area contributed by atoms with Crippen LogP contribution in [0.2, 0.25) is 0 Å². The molecule has 4 N–H and O–H groups in total. The lowest BCUT2D eigenvalue weighted by Crippen LogP contribution is -2.54. The second-order valence-corrected chi connectivity index (χ2v) is 9.34. The average Bonchev–Trinajstić information content (AvgIpc) is 3.54. The van der Waals surface area contributed by atoms with Crippen LogP contribution in [0.15, 0.2) is 66.9 Å². The van der Waals surface area contributed by atoms with Crippen molar-refractivity contribution in [3.63, 3.8) is 0 Å². The Morgan fingerprint density at radius 3 is 2.38 bits per heavy atom. The van der Waals surface area contributed by atoms with Crippen LogP contribution in [0.1, 0.15) is 47.6 Å². The molecule has 2 aliphatic rings. The molecule has 5 rings (SSSR count). The zero-order chi connectivity index (χ0) is 23.5. The van der Waals surface area contributed by atoms with E-state index in [4.69, 9.17) is 5.73 Å². The third-order valence-corrected chi connectivity index (χ3v) is 7.16. The zero-order valence-electron chi connectivity index (χ0n) is 19.2. The van der Waals surface area contributed by atoms with Crippen molar-refractivity contribution in [3.8, 4) is 0 Å². The number of amides is 2. The van der Waals surface area contributed by atoms with Gasteiger partial charge in [-0.3, -0.25) is 14.7 Å². The molecule has 3 atom stereocenters. The highest BCUT2D eigenvalue weighted by Crippen LogP contribution is 2.30. The van der Waals surface area contributed by atoms with E-state index in [0.717, 1.165) is 48.1 Å². The van der Waals surface area contributed by atoms with Gasteiger partial charge >= 0.3 is 0 Å². The number of H-pyrrole nitrogens is 1. The smallest absolute Gasteiger partial charge is 0.243 e. The van der Waals surface area contributed by atoms with Crippen LogP contribution in [-0.4, -0.2) is 51.6 Å². The van der Waals surface area contributed by atoms with Gasteiger partial charge in [0, 0.05) is 24.2 Å². The molecule has 2 amide bonds. The van der Waals surface area contributed by atoms with E-state index >= 15 is 0 Å². The molecule has 176 valence electrons. The molecule has 1 saturated heterocycles. The molecule has 3 aromatic rings. The van der Waals surface area contributed by atoms with Crippen molar-refractivity contribution in [1.29, 1.82) is 0 Å². The highest BCUT2D eigenvalue weighted by Gasteiger charge is 2.39. The molecule has 2 heterocycles. The molecule has 1 aliphatic carbocycles. The quantitative estimate of drug-likeness (QED) is 0.529. The lowest BCUT2D eigenvalue weighted by atomic mass is 9.84. The SMILES string of the molecule is N[C@H](C(=O)N1CCC[C@H]1C(=O)NC1CCc2[nH]ncc2C1)C(c1ccccc1)c1ccccc1. The van der Waals surface area contributed by atoms with Gasteiger partial charge in [-0.2, -0.15) is 5.10 Å². The number of aromatic nitrogens is 2. The maximum Gasteiger partial charge on any atom is 0.243 e. The fourth-order valence-corrected chi connectivity index (χ4v) is 5.40. The Morgan fingerprint density at radius 1 is 1.03 bits per heavy atom. The summed E-state index contributed by atoms with van der Waals surface area (Å²) in [7, 11) is 0. The van der Waals surface area contributed by atoms with Crippen LogP contribution in [0.4, 0.5) is 0 Å². The van der Waals surface area contributed by atoms with Crippen LogP contribution < -0.4 is 11.1 Å². The molecular formula is C27H31N5O2. The maximum absolute atomic E-state index is 13.7. The van der Waals surface area contributed by atoms with Gasteiger partial charge in [-0.05, 0) is 48.8 Å². The Hall–Kier alpha value is -3.45. The summed E-state index contributed by atoms with van der Waals surface area (Å²) in [5.74, 6) is -0.529. The first-order chi connectivity index (χ1) is 16.6. The Labute approximate surface area is 199 Å². The minimum Gasteiger partial charge on any atom is -0.351 e. The number of benzene rings is 2. The monoisotopic (exact) mass is 457 g/mol. The van der Waals surface area contributed by atoms with E-state index in [0.29, 0.717) is 13.0 Å². The second kappa shape index (κ2) is 9.81. The molecule has 1 fully saturated rings. The number of aryl methyl sites for hydroxylation is 1. The van der Waals surface area contributed by atoms with Gasteiger partial charge in [0.1, 0.15) is 6.04 Å². The normalized spacial score (nSPS) is 20.7. The number of hydrogen-bond donors (Lipinski definition) is 3. The average molecular weight is 458 g/mol. The number of nitrogens with two attached hydrogens (primary N) is 1. The fourth-order valence-electron chi connectivity index (χ4n) is 5.40. The van der Waals surface area contributed by atoms with Gasteiger partial charge in [-0.15, -0.1) is 0 Å². The summed E-state index contributed by atoms with van der Waals surface area (Å²) in [6.07, 6.45) is 5.80. The van der Waals surface area contributed by atoms with Crippen LogP contribution in [0.3, 0.4) is 0 Å². The third-order valence-electron chi connectivity index (χ3n) is 7.16. The van der Waals surface area contributed by atoms with Gasteiger partial charge in [0.15, 0.2) is 0 Å². The van der Waals surface area contributed by atoms with Crippen LogP contribution >= 0.6 is 0 Å². The van der Waals surface area contributed by atoms with Crippen molar-refractivity contribution >= 4 is 11.8 Å². The minimum atomic E-state index is -0.777. The summed E-state index contributed by atoms with van der Waals surface area (Å²) in [5, 5.41) is 10.3. The molecule has 1 unspecified atom stereocenters. The molecular weight excluding hydrogens is 426 g/mol. The fraction of sp³-hybridized carbons (Fsp3) is 0.370. The van der Waals surface area contributed by atoms with Crippen molar-refractivity contribution in [1.82, 2.24) is 20.4 Å². The van der Waals surface area contributed by atoms with Crippen molar-refractivity contribution in [2.24, 2.45) is 5.73 Å². The predicted molar refractivity (Wildman–Crippen MR) is 130 cm³/mol. The number of fused-ring (bicyclic) bond motifs is 1. The van der Waals surface area contributed by atoms with Crippen LogP contribution in [0.25, 0.3) is 0 Å². The first kappa shape index (κ1) is 22.3. The number of carbonyl (C=O) groups excluding carboxylic acids is 2. The van der Waals surface area contributed by atoms with E-state index in [-0.39, 0.29) is 23.8 Å². The van der Waals surface area contributed by atoms with Gasteiger partial charge in [-0.25, -0.2) is 0 Å². The van der Waals surface area contributed by atoms with Crippen LogP contribution in [-0.2, 0) is 22.4 Å². The summed E-state index contributed by atoms with van der Waals surface area (Å²) in [4.78, 5) is 28.6. The lowest BCUT2D eigenvalue weighted by Gasteiger charge is -2.32. The molecule has 0 bridgehead atoms. The molecule has 7 nitrogen and oxygen atoms in total. The van der Waals surface area contributed by atoms with Crippen LogP contribution in [0.5, 0.6) is 0 Å². The molecule has 1 aliphatic heterocycles. The summed E-state index contributed by atoms with van der Waals surface area (Å²) in [6, 6.07) is 18.6. The first-order valence-electron chi connectivity index (χ1n) is 12.1. The van der Waals surface area contributed by atoms with Crippen molar-refractivity contribution in [2.45, 2.75) is 56.1 Å². The maximum atomic E-state index is 13.7. The van der Waals surface area contributed by atoms with E-state index in [1.807, 2.05) is 66.9 Å². The zero-order valence-corrected chi connectivity index (χ0v) is 19.2. The highest BCUT2D eigenvalue weighted by atomic mass is 16.2. The number of likely N-dealkylation sites (tertiary alicyclic amines) is 1. The van der Waals surface area contributed by atoms with Crippen molar-refractivity contribution in [3.05, 3.63) is 89.2 Å². The lowest BCUT2D eigenvalue weighted by molar-refractivity contribution is -0.140. The molecule has 0 saturated carbocycles. The second-order valence-electron chi connectivity index (χ2n) is 9.34. The summed E-state index contributed by atoms with van der Waals surface area (Å²) < 4.78 is 0. The van der Waals surface area contributed by atoms with Gasteiger partial charge in [0.25, 0.3) is 0 Å². The van der Waals surface area contributed by atoms with E-state index in [9.17, 15) is 9.59 Å². The molecule has 34 heavy (non-hydrogen) atoms. The summed E-state index contributed by atoms with van der Waals surface area (Å²) in [5.41, 5.74) is 11.0. The van der Waals surface area contributed by atoms with E-state index in [2.05, 4.69) is 15.5 Å². The molecule has 2 aromatic carbocycles. The van der Waals surface area contributed by atoms with Gasteiger partial charge in [0.05, 0.1) is 12.2 Å². The number of rotatable bonds is 6. The number of carbonyl (C=O) groups is 2. The third kappa shape index (κ3) is 4.48. The predicted octanol–water partition coefficient (Wildman–Crippen LogP) is 2.53. The number of hydrogen-bond acceptors (Lipinski definition) is 4. The summed E-state index contributed by atoms with van der Waals surface area (Å²) in [6.45, 7) is 0.553. The Balaban J connectivity index is 1.32. The first-order valence-corrected chi connectivity index (χ1v) is 12.1. The molecule has 0 radical (unpaired) electrons. The van der Waals surface area contributed by atoms with Gasteiger partial charge in [-0.1, -0.05) is 60.7 Å². The number of nitrogens with one attached hydrogen (secondary N) is 2. The standard InChI is InChI=1S/C27H31N5O2/c28-25(24(18-8-3-1-4-9-18)19-10-5-2-6-11-19)27(34)32-15-7-12-23(32)26(33)30-21-13-14-22-20(16-21)17-29-31-22/h1-6,8-11,17,21,23-25H,7,12-16,28H2,(H,29,31)(H,30,33)/t21?,23-,25-/m0/s1. The Bertz CT molecular complexity index is 1090. The molecule has 1 aromatic heterocycles. The largest absolute Gasteiger partial charge is 0.351 e. The van der Waals surface area contributed by atoms with Crippen LogP contribution in [0, 0.1) is 0 Å². The summed E-state index contributed by atoms with van der Waals surface area (Å²) >= 11 is 0. The van der Waals surface area contributed by atoms with Crippen molar-refractivity contribution < 1.29 is 9.59 Å². The van der Waals surface area contributed by atoms with Gasteiger partial charge in [0.2, 0.25) is 11.8 Å². The number of aromatic amines is 1. The number of nitrogens with zero attached hydrogens (tertiary/aromatic N) is 2. The van der Waals surface area contributed by atoms with E-state index in [1.54, 1.807) is 4.90 Å².